The van der Waals surface area contributed by atoms with Crippen LogP contribution in [-0.4, -0.2) is 68.6 Å². The molecule has 1 aromatic carbocycles. The van der Waals surface area contributed by atoms with Gasteiger partial charge in [0.05, 0.1) is 13.2 Å². The Morgan fingerprint density at radius 1 is 1.26 bits per heavy atom. The Morgan fingerprint density at radius 2 is 2.00 bits per heavy atom. The summed E-state index contributed by atoms with van der Waals surface area (Å²) in [5.41, 5.74) is 1.20. The van der Waals surface area contributed by atoms with Crippen molar-refractivity contribution in [3.05, 3.63) is 40.5 Å². The number of benzene rings is 1. The minimum absolute atomic E-state index is 0.0556. The zero-order valence-corrected chi connectivity index (χ0v) is 15.6. The molecule has 0 saturated carbocycles. The SMILES string of the molecule is O=C(CN=C1NC(=O)/C(=C/c2ccc(Cl)cc2)N1)NCCN1CCOCC1. The predicted molar refractivity (Wildman–Crippen MR) is 103 cm³/mol. The fourth-order valence-corrected chi connectivity index (χ4v) is 2.81. The van der Waals surface area contributed by atoms with Crippen LogP contribution in [0.3, 0.4) is 0 Å². The molecule has 0 aliphatic carbocycles. The van der Waals surface area contributed by atoms with Gasteiger partial charge in [-0.1, -0.05) is 23.7 Å². The summed E-state index contributed by atoms with van der Waals surface area (Å²) in [7, 11) is 0. The Hall–Kier alpha value is -2.42. The largest absolute Gasteiger partial charge is 0.379 e. The molecule has 8 nitrogen and oxygen atoms in total. The van der Waals surface area contributed by atoms with Crippen molar-refractivity contribution in [2.24, 2.45) is 4.99 Å². The van der Waals surface area contributed by atoms with Gasteiger partial charge in [0.2, 0.25) is 11.9 Å². The number of guanidine groups is 1. The third kappa shape index (κ3) is 6.06. The molecule has 2 saturated heterocycles. The first-order valence-electron chi connectivity index (χ1n) is 8.77. The number of hydrogen-bond acceptors (Lipinski definition) is 5. The fraction of sp³-hybridized carbons (Fsp3) is 0.389. The average molecular weight is 392 g/mol. The van der Waals surface area contributed by atoms with Crippen LogP contribution in [0.4, 0.5) is 0 Å². The molecule has 2 heterocycles. The van der Waals surface area contributed by atoms with Gasteiger partial charge < -0.3 is 15.4 Å². The van der Waals surface area contributed by atoms with Crippen LogP contribution in [0.25, 0.3) is 6.08 Å². The molecule has 1 aromatic rings. The molecule has 3 N–H and O–H groups in total. The Labute approximate surface area is 162 Å². The van der Waals surface area contributed by atoms with E-state index in [-0.39, 0.29) is 24.3 Å². The minimum atomic E-state index is -0.295. The highest BCUT2D eigenvalue weighted by atomic mass is 35.5. The highest BCUT2D eigenvalue weighted by Crippen LogP contribution is 2.13. The van der Waals surface area contributed by atoms with Crippen molar-refractivity contribution in [2.75, 3.05) is 45.9 Å². The van der Waals surface area contributed by atoms with E-state index in [0.717, 1.165) is 38.4 Å². The van der Waals surface area contributed by atoms with E-state index in [1.807, 2.05) is 0 Å². The maximum Gasteiger partial charge on any atom is 0.274 e. The Morgan fingerprint density at radius 3 is 2.74 bits per heavy atom. The predicted octanol–water partition coefficient (Wildman–Crippen LogP) is 0.205. The number of hydrogen-bond donors (Lipinski definition) is 3. The second-order valence-corrected chi connectivity index (χ2v) is 6.59. The van der Waals surface area contributed by atoms with Crippen molar-refractivity contribution >= 4 is 35.5 Å². The average Bonchev–Trinajstić information content (AvgIpc) is 3.02. The summed E-state index contributed by atoms with van der Waals surface area (Å²) in [5.74, 6) is -0.220. The van der Waals surface area contributed by atoms with Crippen LogP contribution < -0.4 is 16.0 Å². The number of carbonyl (C=O) groups excluding carboxylic acids is 2. The van der Waals surface area contributed by atoms with Crippen LogP contribution in [-0.2, 0) is 14.3 Å². The van der Waals surface area contributed by atoms with Gasteiger partial charge in [-0.3, -0.25) is 19.8 Å². The van der Waals surface area contributed by atoms with E-state index in [1.165, 1.54) is 0 Å². The second kappa shape index (κ2) is 9.50. The highest BCUT2D eigenvalue weighted by Gasteiger charge is 2.21. The van der Waals surface area contributed by atoms with Gasteiger partial charge in [0.15, 0.2) is 0 Å². The summed E-state index contributed by atoms with van der Waals surface area (Å²) in [5, 5.41) is 8.94. The van der Waals surface area contributed by atoms with Gasteiger partial charge in [0.25, 0.3) is 5.91 Å². The van der Waals surface area contributed by atoms with Crippen molar-refractivity contribution in [3.8, 4) is 0 Å². The van der Waals surface area contributed by atoms with Gasteiger partial charge in [0.1, 0.15) is 12.2 Å². The highest BCUT2D eigenvalue weighted by molar-refractivity contribution is 6.30. The normalized spacial score (nSPS) is 20.6. The molecular formula is C18H22ClN5O3. The Kier molecular flexibility index (Phi) is 6.80. The number of nitrogens with one attached hydrogen (secondary N) is 3. The molecule has 27 heavy (non-hydrogen) atoms. The number of carbonyl (C=O) groups is 2. The van der Waals surface area contributed by atoms with Crippen LogP contribution in [0.15, 0.2) is 35.0 Å². The number of nitrogens with zero attached hydrogens (tertiary/aromatic N) is 2. The molecule has 0 unspecified atom stereocenters. The maximum atomic E-state index is 12.0. The quantitative estimate of drug-likeness (QED) is 0.602. The molecule has 0 radical (unpaired) electrons. The molecule has 2 amide bonds. The first kappa shape index (κ1) is 19.3. The fourth-order valence-electron chi connectivity index (χ4n) is 2.68. The van der Waals surface area contributed by atoms with Crippen LogP contribution in [0.2, 0.25) is 5.02 Å². The lowest BCUT2D eigenvalue weighted by Crippen LogP contribution is -2.41. The summed E-state index contributed by atoms with van der Waals surface area (Å²) in [6.45, 7) is 4.53. The van der Waals surface area contributed by atoms with E-state index in [1.54, 1.807) is 30.3 Å². The molecule has 3 rings (SSSR count). The third-order valence-corrected chi connectivity index (χ3v) is 4.40. The molecule has 0 atom stereocenters. The van der Waals surface area contributed by atoms with Gasteiger partial charge in [-0.05, 0) is 23.8 Å². The Bertz CT molecular complexity index is 742. The van der Waals surface area contributed by atoms with Gasteiger partial charge in [-0.2, -0.15) is 0 Å². The number of morpholine rings is 1. The van der Waals surface area contributed by atoms with E-state index in [0.29, 0.717) is 17.3 Å². The second-order valence-electron chi connectivity index (χ2n) is 6.16. The van der Waals surface area contributed by atoms with Gasteiger partial charge in [-0.25, -0.2) is 4.99 Å². The molecule has 2 fully saturated rings. The molecular weight excluding hydrogens is 370 g/mol. The lowest BCUT2D eigenvalue weighted by Gasteiger charge is -2.26. The third-order valence-electron chi connectivity index (χ3n) is 4.15. The standard InChI is InChI=1S/C18H22ClN5O3/c19-14-3-1-13(2-4-14)11-15-17(26)23-18(22-15)21-12-16(25)20-5-6-24-7-9-27-10-8-24/h1-4,11H,5-10,12H2,(H,20,25)(H2,21,22,23,26)/b15-11-. The zero-order chi connectivity index (χ0) is 19.1. The van der Waals surface area contributed by atoms with Gasteiger partial charge in [0, 0.05) is 31.2 Å². The molecule has 0 spiro atoms. The maximum absolute atomic E-state index is 12.0. The van der Waals surface area contributed by atoms with Crippen LogP contribution >= 0.6 is 11.6 Å². The van der Waals surface area contributed by atoms with Crippen LogP contribution in [0.1, 0.15) is 5.56 Å². The summed E-state index contributed by atoms with van der Waals surface area (Å²) in [4.78, 5) is 30.2. The van der Waals surface area contributed by atoms with Crippen molar-refractivity contribution in [1.29, 1.82) is 0 Å². The van der Waals surface area contributed by atoms with Gasteiger partial charge in [-0.15, -0.1) is 0 Å². The zero-order valence-electron chi connectivity index (χ0n) is 14.8. The molecule has 0 aromatic heterocycles. The first-order chi connectivity index (χ1) is 13.1. The van der Waals surface area contributed by atoms with Crippen LogP contribution in [0, 0.1) is 0 Å². The van der Waals surface area contributed by atoms with Crippen LogP contribution in [0.5, 0.6) is 0 Å². The number of rotatable bonds is 6. The van der Waals surface area contributed by atoms with Crippen molar-refractivity contribution in [1.82, 2.24) is 20.9 Å². The number of aliphatic imine (C=N–C) groups is 1. The van der Waals surface area contributed by atoms with E-state index in [4.69, 9.17) is 16.3 Å². The summed E-state index contributed by atoms with van der Waals surface area (Å²) >= 11 is 5.85. The monoisotopic (exact) mass is 391 g/mol. The molecule has 144 valence electrons. The summed E-state index contributed by atoms with van der Waals surface area (Å²) < 4.78 is 5.28. The molecule has 2 aliphatic heterocycles. The van der Waals surface area contributed by atoms with E-state index in [9.17, 15) is 9.59 Å². The minimum Gasteiger partial charge on any atom is -0.379 e. The summed E-state index contributed by atoms with van der Waals surface area (Å²) in [6.07, 6.45) is 1.69. The number of amides is 2. The van der Waals surface area contributed by atoms with E-state index >= 15 is 0 Å². The molecule has 2 aliphatic rings. The Balaban J connectivity index is 1.44. The lowest BCUT2D eigenvalue weighted by atomic mass is 10.2. The van der Waals surface area contributed by atoms with Crippen molar-refractivity contribution in [3.63, 3.8) is 0 Å². The van der Waals surface area contributed by atoms with E-state index in [2.05, 4.69) is 25.8 Å². The smallest absolute Gasteiger partial charge is 0.274 e. The molecule has 0 bridgehead atoms. The van der Waals surface area contributed by atoms with Crippen molar-refractivity contribution < 1.29 is 14.3 Å². The number of halogens is 1. The van der Waals surface area contributed by atoms with E-state index < -0.39 is 0 Å². The van der Waals surface area contributed by atoms with Crippen molar-refractivity contribution in [2.45, 2.75) is 0 Å². The number of ether oxygens (including phenoxy) is 1. The van der Waals surface area contributed by atoms with Gasteiger partial charge >= 0.3 is 0 Å². The first-order valence-corrected chi connectivity index (χ1v) is 9.15. The lowest BCUT2D eigenvalue weighted by molar-refractivity contribution is -0.120. The molecule has 9 heteroatoms. The summed E-state index contributed by atoms with van der Waals surface area (Å²) in [6, 6.07) is 7.11. The topological polar surface area (TPSA) is 95.1 Å².